The normalized spacial score (nSPS) is 10.3. The molecular formula is C11H9F4NO. The number of aliphatic imine (C=N–C) groups is 1. The highest BCUT2D eigenvalue weighted by Gasteiger charge is 2.27. The molecule has 0 radical (unpaired) electrons. The maximum absolute atomic E-state index is 13.3. The summed E-state index contributed by atoms with van der Waals surface area (Å²) in [4.78, 5) is 14.6. The highest BCUT2D eigenvalue weighted by molar-refractivity contribution is 6.03. The predicted octanol–water partition coefficient (Wildman–Crippen LogP) is 3.17. The van der Waals surface area contributed by atoms with Crippen molar-refractivity contribution < 1.29 is 22.4 Å². The topological polar surface area (TPSA) is 29.4 Å². The molecule has 0 aliphatic carbocycles. The van der Waals surface area contributed by atoms with Gasteiger partial charge in [0.25, 0.3) is 5.91 Å². The third-order valence-electron chi connectivity index (χ3n) is 2.02. The summed E-state index contributed by atoms with van der Waals surface area (Å²) in [6, 6.07) is 0. The average molecular weight is 247 g/mol. The minimum Gasteiger partial charge on any atom is -0.267 e. The van der Waals surface area contributed by atoms with Crippen LogP contribution in [-0.2, 0) is 0 Å². The molecule has 0 aromatic heterocycles. The molecule has 1 rings (SSSR count). The van der Waals surface area contributed by atoms with Gasteiger partial charge in [0.15, 0.2) is 23.3 Å². The summed E-state index contributed by atoms with van der Waals surface area (Å²) in [5, 5.41) is 0. The molecule has 0 saturated carbocycles. The van der Waals surface area contributed by atoms with Crippen molar-refractivity contribution in [3.8, 4) is 0 Å². The first-order valence-corrected chi connectivity index (χ1v) is 4.66. The van der Waals surface area contributed by atoms with E-state index in [-0.39, 0.29) is 5.71 Å². The molecule has 2 nitrogen and oxygen atoms in total. The van der Waals surface area contributed by atoms with Gasteiger partial charge in [0, 0.05) is 11.3 Å². The highest BCUT2D eigenvalue weighted by atomic mass is 19.2. The van der Waals surface area contributed by atoms with E-state index in [2.05, 4.69) is 4.99 Å². The molecule has 0 unspecified atom stereocenters. The van der Waals surface area contributed by atoms with E-state index in [0.717, 1.165) is 6.92 Å². The van der Waals surface area contributed by atoms with E-state index < -0.39 is 40.3 Å². The number of halogens is 4. The van der Waals surface area contributed by atoms with E-state index in [1.807, 2.05) is 0 Å². The third-order valence-corrected chi connectivity index (χ3v) is 2.02. The number of hydrogen-bond acceptors (Lipinski definition) is 1. The summed E-state index contributed by atoms with van der Waals surface area (Å²) in [7, 11) is 0. The first-order chi connectivity index (χ1) is 7.77. The molecule has 0 N–H and O–H groups in total. The van der Waals surface area contributed by atoms with Gasteiger partial charge in [0.05, 0.1) is 0 Å². The molecule has 92 valence electrons. The van der Waals surface area contributed by atoms with Crippen LogP contribution in [0.2, 0.25) is 0 Å². The highest BCUT2D eigenvalue weighted by Crippen LogP contribution is 2.24. The van der Waals surface area contributed by atoms with Crippen LogP contribution in [0.1, 0.15) is 29.8 Å². The molecule has 0 aliphatic heterocycles. The maximum Gasteiger partial charge on any atom is 0.283 e. The number of benzene rings is 1. The van der Waals surface area contributed by atoms with E-state index in [1.54, 1.807) is 0 Å². The van der Waals surface area contributed by atoms with Gasteiger partial charge in [0.1, 0.15) is 5.56 Å². The van der Waals surface area contributed by atoms with E-state index in [0.29, 0.717) is 0 Å². The van der Waals surface area contributed by atoms with Crippen LogP contribution in [0.4, 0.5) is 17.6 Å². The molecule has 0 saturated heterocycles. The Balaban J connectivity index is 3.55. The Bertz CT molecular complexity index is 490. The monoisotopic (exact) mass is 247 g/mol. The molecule has 0 fully saturated rings. The summed E-state index contributed by atoms with van der Waals surface area (Å²) in [6.07, 6.45) is 0. The van der Waals surface area contributed by atoms with Gasteiger partial charge in [0.2, 0.25) is 0 Å². The van der Waals surface area contributed by atoms with E-state index in [1.165, 1.54) is 13.8 Å². The van der Waals surface area contributed by atoms with Crippen molar-refractivity contribution in [1.29, 1.82) is 0 Å². The molecule has 6 heteroatoms. The minimum atomic E-state index is -1.73. The fourth-order valence-corrected chi connectivity index (χ4v) is 1.19. The Morgan fingerprint density at radius 3 is 1.71 bits per heavy atom. The van der Waals surface area contributed by atoms with Crippen molar-refractivity contribution in [2.45, 2.75) is 20.8 Å². The van der Waals surface area contributed by atoms with Crippen LogP contribution in [0.5, 0.6) is 0 Å². The Morgan fingerprint density at radius 1 is 0.941 bits per heavy atom. The van der Waals surface area contributed by atoms with Gasteiger partial charge in [-0.3, -0.25) is 4.79 Å². The molecule has 1 amide bonds. The predicted molar refractivity (Wildman–Crippen MR) is 54.1 cm³/mol. The Hall–Kier alpha value is -1.72. The Morgan fingerprint density at radius 2 is 1.35 bits per heavy atom. The van der Waals surface area contributed by atoms with Crippen LogP contribution in [-0.4, -0.2) is 11.6 Å². The van der Waals surface area contributed by atoms with Crippen molar-refractivity contribution in [3.05, 3.63) is 34.4 Å². The number of rotatable bonds is 1. The van der Waals surface area contributed by atoms with Gasteiger partial charge in [-0.25, -0.2) is 22.6 Å². The fourth-order valence-electron chi connectivity index (χ4n) is 1.19. The zero-order valence-corrected chi connectivity index (χ0v) is 9.37. The second-order valence-electron chi connectivity index (χ2n) is 3.62. The molecule has 1 aromatic rings. The van der Waals surface area contributed by atoms with Gasteiger partial charge >= 0.3 is 0 Å². The second kappa shape index (κ2) is 4.65. The number of hydrogen-bond donors (Lipinski definition) is 0. The number of amides is 1. The molecule has 0 atom stereocenters. The van der Waals surface area contributed by atoms with Crippen LogP contribution < -0.4 is 0 Å². The quantitative estimate of drug-likeness (QED) is 0.425. The standard InChI is InChI=1S/C11H9F4NO/c1-4(2)16-11(17)6-9(14)7(12)5(3)8(13)10(6)15/h1-3H3. The van der Waals surface area contributed by atoms with Gasteiger partial charge in [-0.1, -0.05) is 0 Å². The molecule has 0 bridgehead atoms. The van der Waals surface area contributed by atoms with Crippen LogP contribution in [0.3, 0.4) is 0 Å². The van der Waals surface area contributed by atoms with Crippen molar-refractivity contribution in [1.82, 2.24) is 0 Å². The molecule has 0 aliphatic rings. The largest absolute Gasteiger partial charge is 0.283 e. The second-order valence-corrected chi connectivity index (χ2v) is 3.62. The lowest BCUT2D eigenvalue weighted by Crippen LogP contribution is -2.11. The van der Waals surface area contributed by atoms with E-state index in [4.69, 9.17) is 0 Å². The molecule has 1 aromatic carbocycles. The van der Waals surface area contributed by atoms with E-state index >= 15 is 0 Å². The van der Waals surface area contributed by atoms with Crippen LogP contribution >= 0.6 is 0 Å². The fraction of sp³-hybridized carbons (Fsp3) is 0.273. The van der Waals surface area contributed by atoms with E-state index in [9.17, 15) is 22.4 Å². The summed E-state index contributed by atoms with van der Waals surface area (Å²) < 4.78 is 53.0. The molecule has 0 spiro atoms. The molecule has 0 heterocycles. The third kappa shape index (κ3) is 2.35. The van der Waals surface area contributed by atoms with Crippen molar-refractivity contribution >= 4 is 11.6 Å². The van der Waals surface area contributed by atoms with Crippen molar-refractivity contribution in [3.63, 3.8) is 0 Å². The average Bonchev–Trinajstić information content (AvgIpc) is 2.23. The Labute approximate surface area is 95.0 Å². The van der Waals surface area contributed by atoms with Gasteiger partial charge in [-0.15, -0.1) is 0 Å². The summed E-state index contributed by atoms with van der Waals surface area (Å²) >= 11 is 0. The number of nitrogens with zero attached hydrogens (tertiary/aromatic N) is 1. The summed E-state index contributed by atoms with van der Waals surface area (Å²) in [6.45, 7) is 3.70. The number of carbonyl (C=O) groups excluding carboxylic acids is 1. The summed E-state index contributed by atoms with van der Waals surface area (Å²) in [5.74, 6) is -7.97. The van der Waals surface area contributed by atoms with Crippen LogP contribution in [0, 0.1) is 30.2 Å². The lowest BCUT2D eigenvalue weighted by atomic mass is 10.1. The maximum atomic E-state index is 13.3. The van der Waals surface area contributed by atoms with Crippen molar-refractivity contribution in [2.24, 2.45) is 4.99 Å². The first kappa shape index (κ1) is 13.3. The Kier molecular flexibility index (Phi) is 3.65. The van der Waals surface area contributed by atoms with Gasteiger partial charge in [-0.2, -0.15) is 0 Å². The van der Waals surface area contributed by atoms with Gasteiger partial charge in [-0.05, 0) is 20.8 Å². The smallest absolute Gasteiger partial charge is 0.267 e. The van der Waals surface area contributed by atoms with Gasteiger partial charge < -0.3 is 0 Å². The minimum absolute atomic E-state index is 0.218. The summed E-state index contributed by atoms with van der Waals surface area (Å²) in [5.41, 5.74) is -1.91. The zero-order valence-electron chi connectivity index (χ0n) is 9.37. The molecule has 17 heavy (non-hydrogen) atoms. The van der Waals surface area contributed by atoms with Crippen LogP contribution in [0.15, 0.2) is 4.99 Å². The first-order valence-electron chi connectivity index (χ1n) is 4.66. The van der Waals surface area contributed by atoms with Crippen LogP contribution in [0.25, 0.3) is 0 Å². The number of carbonyl (C=O) groups is 1. The lowest BCUT2D eigenvalue weighted by molar-refractivity contribution is 0.0992. The SMILES string of the molecule is CC(C)=NC(=O)c1c(F)c(F)c(C)c(F)c1F. The van der Waals surface area contributed by atoms with Crippen molar-refractivity contribution in [2.75, 3.05) is 0 Å². The molecular weight excluding hydrogens is 238 g/mol. The zero-order chi connectivity index (χ0) is 13.3. The lowest BCUT2D eigenvalue weighted by Gasteiger charge is -2.06.